The molecule has 0 aromatic heterocycles. The number of hydrogen-bond donors (Lipinski definition) is 2. The molecule has 0 spiro atoms. The number of hydroxylamine groups is 1. The second kappa shape index (κ2) is 5.91. The van der Waals surface area contributed by atoms with E-state index in [1.54, 1.807) is 30.8 Å². The molecule has 1 aromatic carbocycles. The number of benzene rings is 1. The zero-order valence-electron chi connectivity index (χ0n) is 9.82. The van der Waals surface area contributed by atoms with Gasteiger partial charge in [-0.1, -0.05) is 12.6 Å². The van der Waals surface area contributed by atoms with Crippen molar-refractivity contribution in [3.05, 3.63) is 30.3 Å². The Balaban J connectivity index is 2.92. The molecular formula is C12H15NO4. The molecule has 0 heterocycles. The smallest absolute Gasteiger partial charge is 0.247 e. The number of nitrogens with one attached hydrogen (secondary N) is 1. The van der Waals surface area contributed by atoms with Crippen molar-refractivity contribution in [1.82, 2.24) is 5.48 Å². The Morgan fingerprint density at radius 3 is 2.53 bits per heavy atom. The molecule has 92 valence electrons. The van der Waals surface area contributed by atoms with Crippen LogP contribution in [0.1, 0.15) is 12.0 Å². The van der Waals surface area contributed by atoms with Gasteiger partial charge < -0.3 is 9.47 Å². The molecule has 1 rings (SSSR count). The average Bonchev–Trinajstić information content (AvgIpc) is 2.37. The van der Waals surface area contributed by atoms with Crippen molar-refractivity contribution in [2.75, 3.05) is 14.2 Å². The quantitative estimate of drug-likeness (QED) is 0.603. The molecular weight excluding hydrogens is 222 g/mol. The van der Waals surface area contributed by atoms with E-state index in [4.69, 9.17) is 14.7 Å². The molecule has 0 bridgehead atoms. The first-order chi connectivity index (χ1) is 8.12. The molecule has 0 saturated carbocycles. The zero-order valence-corrected chi connectivity index (χ0v) is 9.82. The van der Waals surface area contributed by atoms with Crippen LogP contribution >= 0.6 is 0 Å². The minimum absolute atomic E-state index is 0.0198. The number of rotatable bonds is 5. The Morgan fingerprint density at radius 2 is 2.00 bits per heavy atom. The molecule has 17 heavy (non-hydrogen) atoms. The number of carbonyl (C=O) groups excluding carboxylic acids is 1. The summed E-state index contributed by atoms with van der Waals surface area (Å²) in [6.07, 6.45) is 0.0198. The summed E-state index contributed by atoms with van der Waals surface area (Å²) in [5.41, 5.74) is 2.90. The highest BCUT2D eigenvalue weighted by Gasteiger charge is 2.09. The van der Waals surface area contributed by atoms with Crippen LogP contribution in [0.3, 0.4) is 0 Å². The van der Waals surface area contributed by atoms with E-state index in [2.05, 4.69) is 6.58 Å². The maximum atomic E-state index is 11.0. The van der Waals surface area contributed by atoms with Gasteiger partial charge in [0.2, 0.25) is 5.91 Å². The molecule has 5 nitrogen and oxygen atoms in total. The molecule has 0 unspecified atom stereocenters. The highest BCUT2D eigenvalue weighted by molar-refractivity contribution is 5.87. The normalized spacial score (nSPS) is 9.59. The number of carbonyl (C=O) groups is 1. The van der Waals surface area contributed by atoms with Gasteiger partial charge in [-0.2, -0.15) is 0 Å². The fourth-order valence-electron chi connectivity index (χ4n) is 1.39. The first-order valence-corrected chi connectivity index (χ1v) is 4.95. The van der Waals surface area contributed by atoms with Gasteiger partial charge in [0.1, 0.15) is 0 Å². The summed E-state index contributed by atoms with van der Waals surface area (Å²) < 4.78 is 10.2. The SMILES string of the molecule is C=C(CC(=O)NO)c1ccc(OC)c(OC)c1. The largest absolute Gasteiger partial charge is 0.493 e. The fraction of sp³-hybridized carbons (Fsp3) is 0.250. The third kappa shape index (κ3) is 3.22. The summed E-state index contributed by atoms with van der Waals surface area (Å²) in [6, 6.07) is 5.23. The van der Waals surface area contributed by atoms with E-state index in [9.17, 15) is 4.79 Å². The van der Waals surface area contributed by atoms with E-state index in [0.717, 1.165) is 5.56 Å². The van der Waals surface area contributed by atoms with Gasteiger partial charge in [-0.3, -0.25) is 10.0 Å². The number of amides is 1. The van der Waals surface area contributed by atoms with E-state index in [1.807, 2.05) is 0 Å². The Kier molecular flexibility index (Phi) is 4.54. The van der Waals surface area contributed by atoms with Crippen LogP contribution in [0.5, 0.6) is 11.5 Å². The molecule has 1 amide bonds. The molecule has 2 N–H and O–H groups in total. The van der Waals surface area contributed by atoms with Crippen molar-refractivity contribution in [3.8, 4) is 11.5 Å². The maximum absolute atomic E-state index is 11.0. The lowest BCUT2D eigenvalue weighted by Gasteiger charge is -2.10. The van der Waals surface area contributed by atoms with E-state index in [0.29, 0.717) is 17.1 Å². The number of methoxy groups -OCH3 is 2. The average molecular weight is 237 g/mol. The zero-order chi connectivity index (χ0) is 12.8. The van der Waals surface area contributed by atoms with Gasteiger partial charge >= 0.3 is 0 Å². The second-order valence-corrected chi connectivity index (χ2v) is 3.39. The summed E-state index contributed by atoms with van der Waals surface area (Å²) in [6.45, 7) is 3.78. The highest BCUT2D eigenvalue weighted by Crippen LogP contribution is 2.30. The number of hydrogen-bond acceptors (Lipinski definition) is 4. The predicted octanol–water partition coefficient (Wildman–Crippen LogP) is 1.61. The van der Waals surface area contributed by atoms with Gasteiger partial charge in [0.15, 0.2) is 11.5 Å². The Bertz CT molecular complexity index is 429. The predicted molar refractivity (Wildman–Crippen MR) is 63.1 cm³/mol. The Hall–Kier alpha value is -2.01. The summed E-state index contributed by atoms with van der Waals surface area (Å²) in [5, 5.41) is 8.43. The lowest BCUT2D eigenvalue weighted by atomic mass is 10.0. The van der Waals surface area contributed by atoms with Crippen LogP contribution in [-0.4, -0.2) is 25.3 Å². The fourth-order valence-corrected chi connectivity index (χ4v) is 1.39. The van der Waals surface area contributed by atoms with Gasteiger partial charge in [-0.05, 0) is 23.3 Å². The molecule has 0 aliphatic rings. The Labute approximate surface area is 99.6 Å². The van der Waals surface area contributed by atoms with Crippen LogP contribution in [0.2, 0.25) is 0 Å². The molecule has 0 fully saturated rings. The Morgan fingerprint density at radius 1 is 1.35 bits per heavy atom. The van der Waals surface area contributed by atoms with E-state index in [1.165, 1.54) is 7.11 Å². The summed E-state index contributed by atoms with van der Waals surface area (Å²) in [4.78, 5) is 11.0. The lowest BCUT2D eigenvalue weighted by Crippen LogP contribution is -2.18. The molecule has 0 radical (unpaired) electrons. The van der Waals surface area contributed by atoms with Crippen molar-refractivity contribution in [1.29, 1.82) is 0 Å². The molecule has 1 aromatic rings. The van der Waals surface area contributed by atoms with Gasteiger partial charge in [0.25, 0.3) is 0 Å². The van der Waals surface area contributed by atoms with Crippen LogP contribution in [-0.2, 0) is 4.79 Å². The molecule has 0 atom stereocenters. The van der Waals surface area contributed by atoms with Gasteiger partial charge in [0.05, 0.1) is 20.6 Å². The van der Waals surface area contributed by atoms with Crippen LogP contribution < -0.4 is 15.0 Å². The molecule has 5 heteroatoms. The van der Waals surface area contributed by atoms with Crippen molar-refractivity contribution in [2.45, 2.75) is 6.42 Å². The summed E-state index contributed by atoms with van der Waals surface area (Å²) >= 11 is 0. The van der Waals surface area contributed by atoms with Crippen LogP contribution in [0.25, 0.3) is 5.57 Å². The van der Waals surface area contributed by atoms with Crippen molar-refractivity contribution in [2.24, 2.45) is 0 Å². The maximum Gasteiger partial charge on any atom is 0.247 e. The lowest BCUT2D eigenvalue weighted by molar-refractivity contribution is -0.128. The first-order valence-electron chi connectivity index (χ1n) is 4.95. The van der Waals surface area contributed by atoms with Gasteiger partial charge in [0, 0.05) is 0 Å². The van der Waals surface area contributed by atoms with Gasteiger partial charge in [-0.25, -0.2) is 5.48 Å². The minimum Gasteiger partial charge on any atom is -0.493 e. The van der Waals surface area contributed by atoms with Crippen LogP contribution in [0.15, 0.2) is 24.8 Å². The number of ether oxygens (including phenoxy) is 2. The van der Waals surface area contributed by atoms with Crippen LogP contribution in [0.4, 0.5) is 0 Å². The summed E-state index contributed by atoms with van der Waals surface area (Å²) in [7, 11) is 3.08. The third-order valence-electron chi connectivity index (χ3n) is 2.29. The molecule has 0 saturated heterocycles. The summed E-state index contributed by atoms with van der Waals surface area (Å²) in [5.74, 6) is 0.663. The topological polar surface area (TPSA) is 67.8 Å². The minimum atomic E-state index is -0.509. The first kappa shape index (κ1) is 13.1. The monoisotopic (exact) mass is 237 g/mol. The van der Waals surface area contributed by atoms with E-state index < -0.39 is 5.91 Å². The standard InChI is InChI=1S/C12H15NO4/c1-8(6-12(14)13-15)9-4-5-10(16-2)11(7-9)17-3/h4-5,7,15H,1,6H2,2-3H3,(H,13,14). The van der Waals surface area contributed by atoms with Crippen molar-refractivity contribution >= 4 is 11.5 Å². The van der Waals surface area contributed by atoms with Crippen molar-refractivity contribution in [3.63, 3.8) is 0 Å². The van der Waals surface area contributed by atoms with Crippen molar-refractivity contribution < 1.29 is 19.5 Å². The van der Waals surface area contributed by atoms with Gasteiger partial charge in [-0.15, -0.1) is 0 Å². The van der Waals surface area contributed by atoms with E-state index in [-0.39, 0.29) is 6.42 Å². The third-order valence-corrected chi connectivity index (χ3v) is 2.29. The molecule has 0 aliphatic carbocycles. The molecule has 0 aliphatic heterocycles. The second-order valence-electron chi connectivity index (χ2n) is 3.39. The van der Waals surface area contributed by atoms with Crippen LogP contribution in [0, 0.1) is 0 Å². The highest BCUT2D eigenvalue weighted by atomic mass is 16.5. The van der Waals surface area contributed by atoms with E-state index >= 15 is 0 Å².